The Morgan fingerprint density at radius 1 is 1.17 bits per heavy atom. The van der Waals surface area contributed by atoms with Crippen LogP contribution in [0.4, 0.5) is 5.82 Å². The topological polar surface area (TPSA) is 67.3 Å². The molecule has 3 rings (SSSR count). The number of nitrogens with one attached hydrogen (secondary N) is 1. The minimum absolute atomic E-state index is 0.261. The van der Waals surface area contributed by atoms with Crippen molar-refractivity contribution in [1.29, 1.82) is 0 Å². The molecule has 0 unspecified atom stereocenters. The van der Waals surface area contributed by atoms with Crippen LogP contribution in [-0.4, -0.2) is 47.0 Å². The summed E-state index contributed by atoms with van der Waals surface area (Å²) in [5.41, 5.74) is 0. The van der Waals surface area contributed by atoms with E-state index in [4.69, 9.17) is 4.74 Å². The number of rotatable bonds is 4. The summed E-state index contributed by atoms with van der Waals surface area (Å²) in [6.45, 7) is 3.97. The zero-order chi connectivity index (χ0) is 16.9. The molecule has 0 aromatic carbocycles. The molecular weight excluding hydrogens is 304 g/mol. The van der Waals surface area contributed by atoms with Crippen molar-refractivity contribution in [3.05, 3.63) is 12.4 Å². The van der Waals surface area contributed by atoms with Crippen LogP contribution in [0.1, 0.15) is 45.4 Å². The van der Waals surface area contributed by atoms with Crippen LogP contribution in [-0.2, 0) is 4.79 Å². The largest absolute Gasteiger partial charge is 0.481 e. The summed E-state index contributed by atoms with van der Waals surface area (Å²) in [4.78, 5) is 23.0. The molecule has 0 bridgehead atoms. The third kappa shape index (κ3) is 4.16. The summed E-state index contributed by atoms with van der Waals surface area (Å²) in [5, 5.41) is 3.43. The Morgan fingerprint density at radius 2 is 1.88 bits per heavy atom. The fourth-order valence-corrected chi connectivity index (χ4v) is 3.75. The lowest BCUT2D eigenvalue weighted by Crippen LogP contribution is -2.45. The highest BCUT2D eigenvalue weighted by Gasteiger charge is 2.30. The standard InChI is InChI=1S/C18H28N4O2/c1-13-3-5-14(6-4-13)18(23)22-9-7-15(8-10-22)21-16-11-17(24-2)20-12-19-16/h11-15H,3-10H2,1-2H3,(H,19,20,21). The van der Waals surface area contributed by atoms with Gasteiger partial charge < -0.3 is 15.0 Å². The molecule has 1 aromatic heterocycles. The molecule has 2 heterocycles. The maximum atomic E-state index is 12.7. The Kier molecular flexibility index (Phi) is 5.53. The first-order valence-electron chi connectivity index (χ1n) is 9.07. The van der Waals surface area contributed by atoms with E-state index in [2.05, 4.69) is 27.1 Å². The van der Waals surface area contributed by atoms with Crippen molar-refractivity contribution in [2.24, 2.45) is 11.8 Å². The van der Waals surface area contributed by atoms with Crippen molar-refractivity contribution in [1.82, 2.24) is 14.9 Å². The van der Waals surface area contributed by atoms with Crippen LogP contribution in [0.15, 0.2) is 12.4 Å². The number of anilines is 1. The third-order valence-electron chi connectivity index (χ3n) is 5.37. The molecule has 132 valence electrons. The van der Waals surface area contributed by atoms with E-state index < -0.39 is 0 Å². The number of hydrogen-bond donors (Lipinski definition) is 1. The molecule has 1 aliphatic heterocycles. The van der Waals surface area contributed by atoms with E-state index in [9.17, 15) is 4.79 Å². The van der Waals surface area contributed by atoms with Gasteiger partial charge in [0.05, 0.1) is 7.11 Å². The molecule has 1 amide bonds. The molecule has 2 aliphatic rings. The van der Waals surface area contributed by atoms with Gasteiger partial charge in [0.25, 0.3) is 0 Å². The van der Waals surface area contributed by atoms with Crippen molar-refractivity contribution < 1.29 is 9.53 Å². The van der Waals surface area contributed by atoms with Crippen LogP contribution in [0.25, 0.3) is 0 Å². The van der Waals surface area contributed by atoms with Gasteiger partial charge in [-0.2, -0.15) is 0 Å². The Bertz CT molecular complexity index is 550. The second-order valence-corrected chi connectivity index (χ2v) is 7.15. The fraction of sp³-hybridized carbons (Fsp3) is 0.722. The summed E-state index contributed by atoms with van der Waals surface area (Å²) in [5.74, 6) is 2.77. The lowest BCUT2D eigenvalue weighted by atomic mass is 9.82. The van der Waals surface area contributed by atoms with E-state index in [0.29, 0.717) is 17.8 Å². The predicted molar refractivity (Wildman–Crippen MR) is 92.9 cm³/mol. The summed E-state index contributed by atoms with van der Waals surface area (Å²) in [6.07, 6.45) is 7.96. The van der Waals surface area contributed by atoms with Crippen LogP contribution < -0.4 is 10.1 Å². The first-order chi connectivity index (χ1) is 11.7. The summed E-state index contributed by atoms with van der Waals surface area (Å²) in [6, 6.07) is 2.15. The van der Waals surface area contributed by atoms with Gasteiger partial charge in [0, 0.05) is 31.1 Å². The molecule has 0 atom stereocenters. The molecule has 1 aliphatic carbocycles. The number of hydrogen-bond acceptors (Lipinski definition) is 5. The molecular formula is C18H28N4O2. The Hall–Kier alpha value is -1.85. The smallest absolute Gasteiger partial charge is 0.225 e. The van der Waals surface area contributed by atoms with Crippen molar-refractivity contribution in [2.75, 3.05) is 25.5 Å². The minimum atomic E-state index is 0.261. The zero-order valence-corrected chi connectivity index (χ0v) is 14.7. The van der Waals surface area contributed by atoms with E-state index >= 15 is 0 Å². The van der Waals surface area contributed by atoms with E-state index in [0.717, 1.165) is 50.5 Å². The number of ether oxygens (including phenoxy) is 1. The number of likely N-dealkylation sites (tertiary alicyclic amines) is 1. The van der Waals surface area contributed by atoms with Gasteiger partial charge in [-0.05, 0) is 44.4 Å². The SMILES string of the molecule is COc1cc(NC2CCN(C(=O)C3CCC(C)CC3)CC2)ncn1. The number of methoxy groups -OCH3 is 1. The maximum Gasteiger partial charge on any atom is 0.225 e. The first kappa shape index (κ1) is 17.0. The van der Waals surface area contributed by atoms with Gasteiger partial charge in [-0.15, -0.1) is 0 Å². The van der Waals surface area contributed by atoms with E-state index in [-0.39, 0.29) is 5.92 Å². The lowest BCUT2D eigenvalue weighted by Gasteiger charge is -2.36. The van der Waals surface area contributed by atoms with Gasteiger partial charge in [-0.1, -0.05) is 6.92 Å². The average molecular weight is 332 g/mol. The molecule has 1 saturated carbocycles. The molecule has 6 heteroatoms. The van der Waals surface area contributed by atoms with Gasteiger partial charge in [0.15, 0.2) is 0 Å². The highest BCUT2D eigenvalue weighted by molar-refractivity contribution is 5.79. The molecule has 2 fully saturated rings. The second-order valence-electron chi connectivity index (χ2n) is 7.15. The van der Waals surface area contributed by atoms with Gasteiger partial charge in [-0.3, -0.25) is 4.79 Å². The van der Waals surface area contributed by atoms with Crippen LogP contribution in [0.2, 0.25) is 0 Å². The Balaban J connectivity index is 1.47. The Labute approximate surface area is 144 Å². The van der Waals surface area contributed by atoms with Crippen molar-refractivity contribution in [3.63, 3.8) is 0 Å². The number of aromatic nitrogens is 2. The van der Waals surface area contributed by atoms with Crippen molar-refractivity contribution in [3.8, 4) is 5.88 Å². The quantitative estimate of drug-likeness (QED) is 0.918. The molecule has 1 saturated heterocycles. The molecule has 6 nitrogen and oxygen atoms in total. The predicted octanol–water partition coefficient (Wildman–Crippen LogP) is 2.71. The van der Waals surface area contributed by atoms with Crippen LogP contribution in [0.3, 0.4) is 0 Å². The number of piperidine rings is 1. The highest BCUT2D eigenvalue weighted by atomic mass is 16.5. The van der Waals surface area contributed by atoms with E-state index in [1.54, 1.807) is 13.2 Å². The van der Waals surface area contributed by atoms with Gasteiger partial charge in [-0.25, -0.2) is 9.97 Å². The van der Waals surface area contributed by atoms with Crippen LogP contribution >= 0.6 is 0 Å². The maximum absolute atomic E-state index is 12.7. The number of amides is 1. The summed E-state index contributed by atoms with van der Waals surface area (Å²) < 4.78 is 5.12. The first-order valence-corrected chi connectivity index (χ1v) is 9.07. The highest BCUT2D eigenvalue weighted by Crippen LogP contribution is 2.30. The molecule has 24 heavy (non-hydrogen) atoms. The van der Waals surface area contributed by atoms with E-state index in [1.807, 2.05) is 0 Å². The molecule has 0 spiro atoms. The van der Waals surface area contributed by atoms with Crippen molar-refractivity contribution >= 4 is 11.7 Å². The number of carbonyl (C=O) groups is 1. The van der Waals surface area contributed by atoms with Gasteiger partial charge >= 0.3 is 0 Å². The van der Waals surface area contributed by atoms with E-state index in [1.165, 1.54) is 19.2 Å². The molecule has 0 radical (unpaired) electrons. The van der Waals surface area contributed by atoms with Crippen molar-refractivity contribution in [2.45, 2.75) is 51.5 Å². The fourth-order valence-electron chi connectivity index (χ4n) is 3.75. The zero-order valence-electron chi connectivity index (χ0n) is 14.7. The normalized spacial score (nSPS) is 25.3. The molecule has 1 N–H and O–H groups in total. The van der Waals surface area contributed by atoms with Crippen LogP contribution in [0, 0.1) is 11.8 Å². The van der Waals surface area contributed by atoms with Crippen LogP contribution in [0.5, 0.6) is 5.88 Å². The minimum Gasteiger partial charge on any atom is -0.481 e. The average Bonchev–Trinajstić information content (AvgIpc) is 2.62. The Morgan fingerprint density at radius 3 is 2.54 bits per heavy atom. The lowest BCUT2D eigenvalue weighted by molar-refractivity contribution is -0.137. The second kappa shape index (κ2) is 7.81. The number of carbonyl (C=O) groups excluding carboxylic acids is 1. The van der Waals surface area contributed by atoms with Gasteiger partial charge in [0.2, 0.25) is 11.8 Å². The number of nitrogens with zero attached hydrogens (tertiary/aromatic N) is 3. The van der Waals surface area contributed by atoms with Gasteiger partial charge in [0.1, 0.15) is 12.1 Å². The molecule has 1 aromatic rings. The summed E-state index contributed by atoms with van der Waals surface area (Å²) >= 11 is 0. The monoisotopic (exact) mass is 332 g/mol. The third-order valence-corrected chi connectivity index (χ3v) is 5.37. The summed E-state index contributed by atoms with van der Waals surface area (Å²) in [7, 11) is 1.60.